The van der Waals surface area contributed by atoms with Gasteiger partial charge in [0, 0.05) is 19.0 Å². The largest absolute Gasteiger partial charge is 0.348 e. The number of hydrogen-bond donors (Lipinski definition) is 1. The van der Waals surface area contributed by atoms with Crippen LogP contribution in [-0.4, -0.2) is 21.5 Å². The first-order valence-electron chi connectivity index (χ1n) is 8.27. The first-order valence-corrected chi connectivity index (χ1v) is 9.09. The zero-order valence-electron chi connectivity index (χ0n) is 14.1. The fourth-order valence-electron chi connectivity index (χ4n) is 3.27. The molecule has 1 atom stereocenters. The highest BCUT2D eigenvalue weighted by Crippen LogP contribution is 2.28. The Hall–Kier alpha value is -1.69. The van der Waals surface area contributed by atoms with Gasteiger partial charge in [-0.1, -0.05) is 20.8 Å². The van der Waals surface area contributed by atoms with Crippen molar-refractivity contribution in [2.75, 3.05) is 0 Å². The Kier molecular flexibility index (Phi) is 4.27. The van der Waals surface area contributed by atoms with Crippen molar-refractivity contribution in [3.8, 4) is 0 Å². The van der Waals surface area contributed by atoms with E-state index in [1.165, 1.54) is 11.3 Å². The molecule has 0 saturated heterocycles. The lowest BCUT2D eigenvalue weighted by Gasteiger charge is -2.20. The Morgan fingerprint density at radius 2 is 2.17 bits per heavy atom. The Bertz CT molecular complexity index is 819. The number of carbonyl (C=O) groups is 1. The summed E-state index contributed by atoms with van der Waals surface area (Å²) in [5, 5.41) is 3.71. The fourth-order valence-corrected chi connectivity index (χ4v) is 4.36. The molecule has 2 aromatic rings. The minimum Gasteiger partial charge on any atom is -0.348 e. The van der Waals surface area contributed by atoms with Gasteiger partial charge in [-0.25, -0.2) is 4.98 Å². The molecule has 1 aliphatic rings. The van der Waals surface area contributed by atoms with Crippen LogP contribution in [0.5, 0.6) is 0 Å². The molecule has 0 radical (unpaired) electrons. The second kappa shape index (κ2) is 6.07. The number of carbonyl (C=O) groups excluding carboxylic acids is 1. The minimum absolute atomic E-state index is 0.00574. The molecule has 0 aliphatic carbocycles. The number of amides is 1. The molecule has 0 fully saturated rings. The van der Waals surface area contributed by atoms with Crippen LogP contribution < -0.4 is 10.9 Å². The zero-order valence-corrected chi connectivity index (χ0v) is 14.9. The van der Waals surface area contributed by atoms with Crippen molar-refractivity contribution in [3.63, 3.8) is 0 Å². The Morgan fingerprint density at radius 1 is 1.43 bits per heavy atom. The molecule has 0 saturated carbocycles. The van der Waals surface area contributed by atoms with Gasteiger partial charge in [0.1, 0.15) is 10.7 Å². The summed E-state index contributed by atoms with van der Waals surface area (Å²) in [5.41, 5.74) is 0.770. The summed E-state index contributed by atoms with van der Waals surface area (Å²) in [4.78, 5) is 31.2. The Labute approximate surface area is 139 Å². The molecule has 1 unspecified atom stereocenters. The van der Waals surface area contributed by atoms with Crippen LogP contribution in [0.4, 0.5) is 0 Å². The van der Waals surface area contributed by atoms with Crippen molar-refractivity contribution in [2.45, 2.75) is 59.5 Å². The van der Waals surface area contributed by atoms with Gasteiger partial charge in [-0.3, -0.25) is 14.2 Å². The second-order valence-corrected chi connectivity index (χ2v) is 7.56. The van der Waals surface area contributed by atoms with Crippen LogP contribution >= 0.6 is 11.3 Å². The van der Waals surface area contributed by atoms with Gasteiger partial charge in [-0.2, -0.15) is 0 Å². The van der Waals surface area contributed by atoms with Crippen molar-refractivity contribution in [3.05, 3.63) is 26.6 Å². The number of hydrogen-bond acceptors (Lipinski definition) is 4. The summed E-state index contributed by atoms with van der Waals surface area (Å²) in [5.74, 6) is 1.14. The Balaban J connectivity index is 2.03. The van der Waals surface area contributed by atoms with Gasteiger partial charge in [0.2, 0.25) is 0 Å². The van der Waals surface area contributed by atoms with Crippen LogP contribution in [0.3, 0.4) is 0 Å². The van der Waals surface area contributed by atoms with Gasteiger partial charge in [-0.15, -0.1) is 11.3 Å². The van der Waals surface area contributed by atoms with E-state index in [0.717, 1.165) is 37.2 Å². The van der Waals surface area contributed by atoms with Crippen LogP contribution in [0.25, 0.3) is 10.2 Å². The fraction of sp³-hybridized carbons (Fsp3) is 0.588. The number of thiophene rings is 1. The van der Waals surface area contributed by atoms with Crippen molar-refractivity contribution in [2.24, 2.45) is 5.92 Å². The van der Waals surface area contributed by atoms with E-state index in [0.29, 0.717) is 21.0 Å². The molecule has 2 aromatic heterocycles. The van der Waals surface area contributed by atoms with Crippen molar-refractivity contribution in [1.82, 2.24) is 14.9 Å². The van der Waals surface area contributed by atoms with E-state index < -0.39 is 0 Å². The van der Waals surface area contributed by atoms with Gasteiger partial charge in [-0.05, 0) is 31.2 Å². The van der Waals surface area contributed by atoms with E-state index >= 15 is 0 Å². The number of aromatic nitrogens is 2. The third-order valence-corrected chi connectivity index (χ3v) is 5.86. The third-order valence-electron chi connectivity index (χ3n) is 4.68. The van der Waals surface area contributed by atoms with E-state index in [-0.39, 0.29) is 17.5 Å². The molecule has 3 heterocycles. The molecule has 5 nitrogen and oxygen atoms in total. The highest BCUT2D eigenvalue weighted by atomic mass is 32.1. The van der Waals surface area contributed by atoms with Crippen molar-refractivity contribution >= 4 is 27.5 Å². The summed E-state index contributed by atoms with van der Waals surface area (Å²) in [7, 11) is 0. The highest BCUT2D eigenvalue weighted by Gasteiger charge is 2.24. The topological polar surface area (TPSA) is 64.0 Å². The quantitative estimate of drug-likeness (QED) is 0.936. The van der Waals surface area contributed by atoms with E-state index in [1.54, 1.807) is 4.57 Å². The molecular formula is C17H23N3O2S. The average Bonchev–Trinajstić information content (AvgIpc) is 3.09. The summed E-state index contributed by atoms with van der Waals surface area (Å²) in [6.07, 6.45) is 2.70. The maximum absolute atomic E-state index is 12.7. The SMILES string of the molecule is CCC(NC(=O)c1sc2nc3n(c(=O)c2c1C)CCC3)C(C)C. The standard InChI is InChI=1S/C17H23N3O2S/c1-5-11(9(2)3)18-15(21)14-10(4)13-16(23-14)19-12-7-6-8-20(12)17(13)22/h9,11H,5-8H2,1-4H3,(H,18,21). The summed E-state index contributed by atoms with van der Waals surface area (Å²) in [6.45, 7) is 8.87. The lowest BCUT2D eigenvalue weighted by atomic mass is 10.0. The molecule has 6 heteroatoms. The molecule has 0 spiro atoms. The van der Waals surface area contributed by atoms with Gasteiger partial charge >= 0.3 is 0 Å². The molecule has 0 bridgehead atoms. The summed E-state index contributed by atoms with van der Waals surface area (Å²) >= 11 is 1.34. The third kappa shape index (κ3) is 2.69. The first kappa shape index (κ1) is 16.2. The maximum atomic E-state index is 12.7. The smallest absolute Gasteiger partial charge is 0.262 e. The van der Waals surface area contributed by atoms with Gasteiger partial charge in [0.05, 0.1) is 10.3 Å². The van der Waals surface area contributed by atoms with E-state index in [2.05, 4.69) is 31.1 Å². The van der Waals surface area contributed by atoms with E-state index in [1.807, 2.05) is 6.92 Å². The van der Waals surface area contributed by atoms with Gasteiger partial charge in [0.15, 0.2) is 0 Å². The van der Waals surface area contributed by atoms with Gasteiger partial charge in [0.25, 0.3) is 11.5 Å². The van der Waals surface area contributed by atoms with E-state index in [9.17, 15) is 9.59 Å². The van der Waals surface area contributed by atoms with Gasteiger partial charge < -0.3 is 5.32 Å². The molecule has 1 N–H and O–H groups in total. The summed E-state index contributed by atoms with van der Waals surface area (Å²) < 4.78 is 1.76. The van der Waals surface area contributed by atoms with Crippen LogP contribution in [-0.2, 0) is 13.0 Å². The molecule has 3 rings (SSSR count). The number of nitrogens with one attached hydrogen (secondary N) is 1. The lowest BCUT2D eigenvalue weighted by molar-refractivity contribution is 0.0928. The Morgan fingerprint density at radius 3 is 2.83 bits per heavy atom. The van der Waals surface area contributed by atoms with Crippen molar-refractivity contribution in [1.29, 1.82) is 0 Å². The predicted octanol–water partition coefficient (Wildman–Crippen LogP) is 2.88. The van der Waals surface area contributed by atoms with Crippen LogP contribution in [0.15, 0.2) is 4.79 Å². The molecular weight excluding hydrogens is 310 g/mol. The second-order valence-electron chi connectivity index (χ2n) is 6.56. The lowest BCUT2D eigenvalue weighted by Crippen LogP contribution is -2.37. The maximum Gasteiger partial charge on any atom is 0.262 e. The van der Waals surface area contributed by atoms with Crippen LogP contribution in [0.1, 0.15) is 54.7 Å². The van der Waals surface area contributed by atoms with E-state index in [4.69, 9.17) is 0 Å². The predicted molar refractivity (Wildman–Crippen MR) is 93.3 cm³/mol. The minimum atomic E-state index is -0.0874. The number of aryl methyl sites for hydroxylation is 2. The molecule has 0 aromatic carbocycles. The normalized spacial score (nSPS) is 15.2. The monoisotopic (exact) mass is 333 g/mol. The van der Waals surface area contributed by atoms with Crippen LogP contribution in [0.2, 0.25) is 0 Å². The van der Waals surface area contributed by atoms with Crippen LogP contribution in [0, 0.1) is 12.8 Å². The van der Waals surface area contributed by atoms with Crippen molar-refractivity contribution < 1.29 is 4.79 Å². The molecule has 124 valence electrons. The average molecular weight is 333 g/mol. The number of rotatable bonds is 4. The zero-order chi connectivity index (χ0) is 16.7. The molecule has 1 aliphatic heterocycles. The summed E-state index contributed by atoms with van der Waals surface area (Å²) in [6, 6.07) is 0.145. The molecule has 1 amide bonds. The first-order chi connectivity index (χ1) is 10.9. The number of nitrogens with zero attached hydrogens (tertiary/aromatic N) is 2. The highest BCUT2D eigenvalue weighted by molar-refractivity contribution is 7.20. The molecule has 23 heavy (non-hydrogen) atoms. The number of fused-ring (bicyclic) bond motifs is 2.